The lowest BCUT2D eigenvalue weighted by molar-refractivity contribution is 0.102. The first kappa shape index (κ1) is 24.5. The van der Waals surface area contributed by atoms with Crippen molar-refractivity contribution in [3.05, 3.63) is 86.4 Å². The van der Waals surface area contributed by atoms with Gasteiger partial charge in [-0.15, -0.1) is 0 Å². The largest absolute Gasteiger partial charge is 0.496 e. The summed E-state index contributed by atoms with van der Waals surface area (Å²) in [5.41, 5.74) is -1.48. The summed E-state index contributed by atoms with van der Waals surface area (Å²) in [4.78, 5) is 25.6. The molecule has 34 heavy (non-hydrogen) atoms. The summed E-state index contributed by atoms with van der Waals surface area (Å²) in [6, 6.07) is 11.4. The van der Waals surface area contributed by atoms with Gasteiger partial charge in [0, 0.05) is 15.6 Å². The molecule has 0 radical (unpaired) electrons. The molecule has 0 spiro atoms. The van der Waals surface area contributed by atoms with Crippen molar-refractivity contribution in [3.63, 3.8) is 0 Å². The van der Waals surface area contributed by atoms with Crippen LogP contribution in [0.1, 0.15) is 31.8 Å². The van der Waals surface area contributed by atoms with E-state index < -0.39 is 29.1 Å². The molecule has 3 aromatic carbocycles. The zero-order valence-electron chi connectivity index (χ0n) is 17.2. The quantitative estimate of drug-likeness (QED) is 0.477. The summed E-state index contributed by atoms with van der Waals surface area (Å²) in [5, 5.41) is 22.9. The summed E-state index contributed by atoms with van der Waals surface area (Å²) >= 11 is 11.5. The van der Waals surface area contributed by atoms with Crippen LogP contribution >= 0.6 is 23.2 Å². The van der Waals surface area contributed by atoms with Crippen molar-refractivity contribution in [2.45, 2.75) is 0 Å². The molecule has 0 saturated heterocycles. The molecule has 2 amide bonds. The molecule has 0 aliphatic heterocycles. The highest BCUT2D eigenvalue weighted by molar-refractivity contribution is 6.31. The first-order valence-corrected chi connectivity index (χ1v) is 10.0. The predicted molar refractivity (Wildman–Crippen MR) is 121 cm³/mol. The van der Waals surface area contributed by atoms with E-state index in [0.29, 0.717) is 0 Å². The minimum Gasteiger partial charge on any atom is -0.496 e. The molecule has 170 valence electrons. The maximum absolute atomic E-state index is 14.3. The molecule has 7 nitrogen and oxygen atoms in total. The minimum atomic E-state index is -0.937. The van der Waals surface area contributed by atoms with E-state index in [-0.39, 0.29) is 43.7 Å². The molecule has 0 aliphatic carbocycles. The number of hydrogen-bond acceptors (Lipinski definition) is 5. The van der Waals surface area contributed by atoms with Crippen LogP contribution in [-0.4, -0.2) is 18.9 Å². The number of rotatable bonds is 5. The van der Waals surface area contributed by atoms with E-state index in [4.69, 9.17) is 27.9 Å². The monoisotopic (exact) mass is 500 g/mol. The van der Waals surface area contributed by atoms with Gasteiger partial charge in [0.25, 0.3) is 11.8 Å². The van der Waals surface area contributed by atoms with Crippen molar-refractivity contribution < 1.29 is 23.1 Å². The van der Waals surface area contributed by atoms with E-state index >= 15 is 0 Å². The molecular weight excluding hydrogens is 489 g/mol. The number of nitriles is 2. The third-order valence-corrected chi connectivity index (χ3v) is 4.97. The van der Waals surface area contributed by atoms with Gasteiger partial charge in [-0.2, -0.15) is 10.5 Å². The van der Waals surface area contributed by atoms with Crippen LogP contribution in [0.5, 0.6) is 5.75 Å². The summed E-state index contributed by atoms with van der Waals surface area (Å²) < 4.78 is 33.7. The first-order chi connectivity index (χ1) is 16.2. The molecule has 11 heteroatoms. The highest BCUT2D eigenvalue weighted by Crippen LogP contribution is 2.28. The zero-order valence-corrected chi connectivity index (χ0v) is 18.7. The molecule has 0 aromatic heterocycles. The molecule has 0 bridgehead atoms. The van der Waals surface area contributed by atoms with Crippen molar-refractivity contribution in [3.8, 4) is 17.9 Å². The predicted octanol–water partition coefficient (Wildman–Crippen LogP) is 5.53. The number of carbonyl (C=O) groups is 2. The van der Waals surface area contributed by atoms with E-state index in [1.54, 1.807) is 12.1 Å². The summed E-state index contributed by atoms with van der Waals surface area (Å²) in [6.07, 6.45) is 0. The van der Waals surface area contributed by atoms with Crippen LogP contribution < -0.4 is 15.4 Å². The van der Waals surface area contributed by atoms with Gasteiger partial charge in [0.05, 0.1) is 35.2 Å². The Kier molecular flexibility index (Phi) is 7.32. The van der Waals surface area contributed by atoms with Crippen LogP contribution in [0.3, 0.4) is 0 Å². The molecule has 0 saturated carbocycles. The summed E-state index contributed by atoms with van der Waals surface area (Å²) in [7, 11) is 1.28. The number of benzene rings is 3. The molecule has 3 aromatic rings. The molecule has 0 heterocycles. The lowest BCUT2D eigenvalue weighted by Gasteiger charge is -2.13. The molecule has 3 rings (SSSR count). The first-order valence-electron chi connectivity index (χ1n) is 9.27. The fourth-order valence-corrected chi connectivity index (χ4v) is 3.38. The van der Waals surface area contributed by atoms with Gasteiger partial charge in [0.1, 0.15) is 29.5 Å². The van der Waals surface area contributed by atoms with Gasteiger partial charge in [-0.05, 0) is 42.5 Å². The summed E-state index contributed by atoms with van der Waals surface area (Å²) in [6.45, 7) is 0. The van der Waals surface area contributed by atoms with E-state index in [0.717, 1.165) is 18.2 Å². The zero-order chi connectivity index (χ0) is 25.0. The summed E-state index contributed by atoms with van der Waals surface area (Å²) in [5.74, 6) is -3.56. The average molecular weight is 501 g/mol. The fourth-order valence-electron chi connectivity index (χ4n) is 2.97. The van der Waals surface area contributed by atoms with Crippen LogP contribution in [0.2, 0.25) is 10.0 Å². The fraction of sp³-hybridized carbons (Fsp3) is 0.0435. The second-order valence-corrected chi connectivity index (χ2v) is 7.54. The number of ether oxygens (including phenoxy) is 1. The SMILES string of the molecule is COc1ccc(C(=O)Nc2c(F)cc(Cl)cc2C#N)cc1C(=O)Nc1c(F)cc(Cl)cc1C#N. The lowest BCUT2D eigenvalue weighted by Crippen LogP contribution is -2.18. The van der Waals surface area contributed by atoms with Crippen LogP contribution in [0.4, 0.5) is 20.2 Å². The molecule has 0 unspecified atom stereocenters. The van der Waals surface area contributed by atoms with Gasteiger partial charge in [0.15, 0.2) is 0 Å². The Labute approximate surface area is 202 Å². The Morgan fingerprint density at radius 1 is 0.853 bits per heavy atom. The van der Waals surface area contributed by atoms with Crippen molar-refractivity contribution >= 4 is 46.4 Å². The number of methoxy groups -OCH3 is 1. The van der Waals surface area contributed by atoms with E-state index in [9.17, 15) is 28.9 Å². The van der Waals surface area contributed by atoms with Crippen molar-refractivity contribution in [2.24, 2.45) is 0 Å². The van der Waals surface area contributed by atoms with Gasteiger partial charge >= 0.3 is 0 Å². The Balaban J connectivity index is 1.96. The minimum absolute atomic E-state index is 0.0263. The van der Waals surface area contributed by atoms with Crippen LogP contribution in [0, 0.1) is 34.3 Å². The number of hydrogen-bond donors (Lipinski definition) is 2. The molecule has 0 atom stereocenters. The number of carbonyl (C=O) groups excluding carboxylic acids is 2. The Morgan fingerprint density at radius 2 is 1.35 bits per heavy atom. The van der Waals surface area contributed by atoms with E-state index in [1.165, 1.54) is 31.4 Å². The smallest absolute Gasteiger partial charge is 0.259 e. The maximum Gasteiger partial charge on any atom is 0.259 e. The van der Waals surface area contributed by atoms with Gasteiger partial charge in [-0.25, -0.2) is 8.78 Å². The number of halogens is 4. The van der Waals surface area contributed by atoms with Crippen LogP contribution in [-0.2, 0) is 0 Å². The van der Waals surface area contributed by atoms with Crippen molar-refractivity contribution in [1.29, 1.82) is 10.5 Å². The Hall–Kier alpha value is -4.18. The van der Waals surface area contributed by atoms with Crippen molar-refractivity contribution in [2.75, 3.05) is 17.7 Å². The third kappa shape index (κ3) is 5.07. The van der Waals surface area contributed by atoms with Crippen LogP contribution in [0.15, 0.2) is 42.5 Å². The Bertz CT molecular complexity index is 1410. The number of nitrogens with zero attached hydrogens (tertiary/aromatic N) is 2. The number of nitrogens with one attached hydrogen (secondary N) is 2. The second kappa shape index (κ2) is 10.2. The number of anilines is 2. The van der Waals surface area contributed by atoms with Crippen molar-refractivity contribution in [1.82, 2.24) is 0 Å². The highest BCUT2D eigenvalue weighted by Gasteiger charge is 2.21. The molecular formula is C23H12Cl2F2N4O3. The Morgan fingerprint density at radius 3 is 1.82 bits per heavy atom. The lowest BCUT2D eigenvalue weighted by atomic mass is 10.1. The maximum atomic E-state index is 14.3. The normalized spacial score (nSPS) is 10.1. The van der Waals surface area contributed by atoms with Gasteiger partial charge < -0.3 is 15.4 Å². The number of amides is 2. The van der Waals surface area contributed by atoms with E-state index in [2.05, 4.69) is 10.6 Å². The van der Waals surface area contributed by atoms with E-state index in [1.807, 2.05) is 0 Å². The molecule has 0 fully saturated rings. The molecule has 0 aliphatic rings. The molecule has 2 N–H and O–H groups in total. The average Bonchev–Trinajstić information content (AvgIpc) is 2.81. The standard InChI is InChI=1S/C23H12Cl2F2N4O3/c1-34-19-3-2-11(22(32)30-20-12(9-28)4-14(24)7-17(20)26)6-16(19)23(33)31-21-13(10-29)5-15(25)8-18(21)27/h2-8H,1H3,(H,30,32)(H,31,33). The van der Waals surface area contributed by atoms with Gasteiger partial charge in [-0.3, -0.25) is 9.59 Å². The van der Waals surface area contributed by atoms with Gasteiger partial charge in [-0.1, -0.05) is 23.2 Å². The topological polar surface area (TPSA) is 115 Å². The third-order valence-electron chi connectivity index (χ3n) is 4.53. The highest BCUT2D eigenvalue weighted by atomic mass is 35.5. The van der Waals surface area contributed by atoms with Crippen LogP contribution in [0.25, 0.3) is 0 Å². The van der Waals surface area contributed by atoms with Gasteiger partial charge in [0.2, 0.25) is 0 Å². The second-order valence-electron chi connectivity index (χ2n) is 6.67.